The molecule has 20 nitrogen and oxygen atoms in total. The highest BCUT2D eigenvalue weighted by molar-refractivity contribution is 6.24. The summed E-state index contributed by atoms with van der Waals surface area (Å²) in [5.74, 6) is -1.25. The van der Waals surface area contributed by atoms with Crippen LogP contribution in [0.5, 0.6) is 17.2 Å². The Labute approximate surface area is 404 Å². The number of phenolic OH excluding ortho intramolecular Hbond substituents is 1. The number of imide groups is 2. The first-order valence-electron chi connectivity index (χ1n) is 24.1. The zero-order valence-electron chi connectivity index (χ0n) is 39.0. The zero-order chi connectivity index (χ0) is 48.5. The van der Waals surface area contributed by atoms with Crippen molar-refractivity contribution in [2.45, 2.75) is 76.2 Å². The van der Waals surface area contributed by atoms with Crippen LogP contribution in [0.15, 0.2) is 79.0 Å². The molecule has 5 aliphatic rings. The number of nitrogens with two attached hydrogens (primary N) is 1. The molecule has 20 heteroatoms. The highest BCUT2D eigenvalue weighted by Crippen LogP contribution is 2.37. The summed E-state index contributed by atoms with van der Waals surface area (Å²) in [5, 5.41) is 29.4. The lowest BCUT2D eigenvalue weighted by Crippen LogP contribution is -2.54. The number of piperidine rings is 2. The van der Waals surface area contributed by atoms with E-state index < -0.39 is 35.8 Å². The molecule has 7 heterocycles. The van der Waals surface area contributed by atoms with Crippen LogP contribution in [0.1, 0.15) is 90.4 Å². The lowest BCUT2D eigenvalue weighted by Gasteiger charge is -2.39. The second-order valence-corrected chi connectivity index (χ2v) is 18.6. The van der Waals surface area contributed by atoms with E-state index in [2.05, 4.69) is 64.8 Å². The van der Waals surface area contributed by atoms with Crippen molar-refractivity contribution in [1.29, 1.82) is 0 Å². The van der Waals surface area contributed by atoms with E-state index >= 15 is 0 Å². The van der Waals surface area contributed by atoms with Gasteiger partial charge in [-0.05, 0) is 94.1 Å². The molecule has 2 aromatic heterocycles. The summed E-state index contributed by atoms with van der Waals surface area (Å²) >= 11 is 0. The van der Waals surface area contributed by atoms with Crippen LogP contribution in [0, 0.1) is 0 Å². The standard InChI is InChI=1S/C50H56N12O8/c1-31(69-42-12-6-10-37-46(42)50(68)62(49(37)67)40-18-19-44(64)52-48(40)66)39-30-61(56-54-39)34-27-60(28-34)45(65)13-4-5-20-57-22-24-58(25-23-57)32-14-16-33(17-15-32)59-21-7-8-35(29-59)70-43-26-38(53-55-47(43)51)36-9-2-3-11-41(36)63/h2-3,6,9-12,14-17,26,30-31,34-35,40,63H,4-5,7-8,13,18-25,27-29H2,1H3,(H2,51,55)(H,52,64,66)/t31?,35-,40?/m0/s1. The molecule has 70 heavy (non-hydrogen) atoms. The predicted molar refractivity (Wildman–Crippen MR) is 256 cm³/mol. The van der Waals surface area contributed by atoms with Gasteiger partial charge in [0.15, 0.2) is 11.6 Å². The molecule has 0 saturated carbocycles. The molecule has 5 amide bonds. The molecule has 5 aromatic rings. The number of para-hydroxylation sites is 1. The number of phenols is 1. The molecule has 5 aliphatic heterocycles. The number of fused-ring (bicyclic) bond motifs is 1. The van der Waals surface area contributed by atoms with E-state index in [1.807, 2.05) is 11.0 Å². The topological polar surface area (TPSA) is 235 Å². The highest BCUT2D eigenvalue weighted by Gasteiger charge is 2.46. The van der Waals surface area contributed by atoms with Gasteiger partial charge in [0.25, 0.3) is 11.8 Å². The summed E-state index contributed by atoms with van der Waals surface area (Å²) < 4.78 is 14.3. The lowest BCUT2D eigenvalue weighted by atomic mass is 10.0. The SMILES string of the molecule is CC(Oc1cccc2c1C(=O)N(C1CCC(=O)NC1=O)C2=O)c1cn(C2CN(C(=O)CCCCN3CCN(c4ccc(N5CCC[C@H](Oc6cc(-c7ccccc7O)nnc6N)C5)cc4)CC3)C2)nn1. The molecule has 2 unspecified atom stereocenters. The fraction of sp³-hybridized carbons (Fsp3) is 0.420. The Morgan fingerprint density at radius 1 is 0.829 bits per heavy atom. The Kier molecular flexibility index (Phi) is 13.0. The van der Waals surface area contributed by atoms with E-state index in [0.29, 0.717) is 48.8 Å². The first kappa shape index (κ1) is 46.1. The molecular weight excluding hydrogens is 897 g/mol. The van der Waals surface area contributed by atoms with Crippen LogP contribution in [0.2, 0.25) is 0 Å². The molecule has 0 spiro atoms. The van der Waals surface area contributed by atoms with Crippen LogP contribution >= 0.6 is 0 Å². The number of rotatable bonds is 15. The third-order valence-electron chi connectivity index (χ3n) is 14.0. The van der Waals surface area contributed by atoms with Gasteiger partial charge >= 0.3 is 0 Å². The largest absolute Gasteiger partial charge is 0.507 e. The van der Waals surface area contributed by atoms with Crippen molar-refractivity contribution in [2.75, 3.05) is 74.4 Å². The van der Waals surface area contributed by atoms with Gasteiger partial charge in [0.1, 0.15) is 41.1 Å². The van der Waals surface area contributed by atoms with Gasteiger partial charge in [-0.15, -0.1) is 15.3 Å². The van der Waals surface area contributed by atoms with E-state index in [9.17, 15) is 29.1 Å². The predicted octanol–water partition coefficient (Wildman–Crippen LogP) is 3.99. The molecule has 3 atom stereocenters. The number of piperazine rings is 1. The van der Waals surface area contributed by atoms with Gasteiger partial charge in [-0.25, -0.2) is 4.68 Å². The highest BCUT2D eigenvalue weighted by atomic mass is 16.5. The molecule has 10 rings (SSSR count). The summed E-state index contributed by atoms with van der Waals surface area (Å²) in [6.07, 6.45) is 5.29. The minimum atomic E-state index is -1.08. The number of ether oxygens (including phenoxy) is 2. The normalized spacial score (nSPS) is 20.3. The monoisotopic (exact) mass is 952 g/mol. The first-order chi connectivity index (χ1) is 34.0. The molecular formula is C50H56N12O8. The van der Waals surface area contributed by atoms with Crippen molar-refractivity contribution < 1.29 is 38.6 Å². The Hall–Kier alpha value is -7.61. The quantitative estimate of drug-likeness (QED) is 0.0994. The molecule has 3 aromatic carbocycles. The van der Waals surface area contributed by atoms with Crippen molar-refractivity contribution in [3.63, 3.8) is 0 Å². The van der Waals surface area contributed by atoms with Gasteiger partial charge in [-0.3, -0.25) is 39.1 Å². The van der Waals surface area contributed by atoms with Crippen LogP contribution in [0.25, 0.3) is 11.3 Å². The van der Waals surface area contributed by atoms with E-state index in [1.165, 1.54) is 11.8 Å². The number of carbonyl (C=O) groups excluding carboxylic acids is 5. The van der Waals surface area contributed by atoms with E-state index in [0.717, 1.165) is 75.5 Å². The van der Waals surface area contributed by atoms with E-state index in [-0.39, 0.29) is 59.3 Å². The minimum Gasteiger partial charge on any atom is -0.507 e. The Balaban J connectivity index is 0.627. The average molecular weight is 953 g/mol. The van der Waals surface area contributed by atoms with Gasteiger partial charge in [0.05, 0.1) is 29.9 Å². The number of amides is 5. The lowest BCUT2D eigenvalue weighted by molar-refractivity contribution is -0.138. The number of hydrogen-bond donors (Lipinski definition) is 3. The van der Waals surface area contributed by atoms with Gasteiger partial charge < -0.3 is 35.0 Å². The Morgan fingerprint density at radius 3 is 2.36 bits per heavy atom. The molecule has 0 radical (unpaired) electrons. The van der Waals surface area contributed by atoms with Crippen molar-refractivity contribution in [3.05, 3.63) is 95.8 Å². The summed E-state index contributed by atoms with van der Waals surface area (Å²) in [6.45, 7) is 9.24. The third-order valence-corrected chi connectivity index (χ3v) is 14.0. The van der Waals surface area contributed by atoms with Gasteiger partial charge in [0.2, 0.25) is 17.7 Å². The van der Waals surface area contributed by atoms with Crippen molar-refractivity contribution in [3.8, 4) is 28.5 Å². The number of nitrogens with one attached hydrogen (secondary N) is 1. The van der Waals surface area contributed by atoms with Crippen molar-refractivity contribution in [1.82, 2.24) is 45.2 Å². The van der Waals surface area contributed by atoms with Crippen LogP contribution in [-0.2, 0) is 14.4 Å². The summed E-state index contributed by atoms with van der Waals surface area (Å²) in [5.41, 5.74) is 10.3. The molecule has 4 N–H and O–H groups in total. The maximum absolute atomic E-state index is 13.5. The maximum atomic E-state index is 13.5. The number of nitrogen functional groups attached to an aromatic ring is 1. The number of nitrogens with zero attached hydrogens (tertiary/aromatic N) is 10. The number of unbranched alkanes of at least 4 members (excludes halogenated alkanes) is 1. The average Bonchev–Trinajstić information content (AvgIpc) is 3.94. The van der Waals surface area contributed by atoms with E-state index in [4.69, 9.17) is 15.2 Å². The Morgan fingerprint density at radius 2 is 1.59 bits per heavy atom. The first-order valence-corrected chi connectivity index (χ1v) is 24.1. The molecule has 4 fully saturated rings. The van der Waals surface area contributed by atoms with Gasteiger partial charge in [-0.1, -0.05) is 23.4 Å². The number of hydrogen-bond acceptors (Lipinski definition) is 16. The molecule has 0 aliphatic carbocycles. The molecule has 4 saturated heterocycles. The van der Waals surface area contributed by atoms with E-state index in [1.54, 1.807) is 54.2 Å². The summed E-state index contributed by atoms with van der Waals surface area (Å²) in [4.78, 5) is 74.1. The second kappa shape index (κ2) is 19.8. The molecule has 364 valence electrons. The Bertz CT molecular complexity index is 2790. The minimum absolute atomic E-state index is 0.0204. The number of benzene rings is 3. The number of aromatic nitrogens is 5. The number of aromatic hydroxyl groups is 1. The van der Waals surface area contributed by atoms with Gasteiger partial charge in [-0.2, -0.15) is 0 Å². The zero-order valence-corrected chi connectivity index (χ0v) is 39.0. The number of carbonyl (C=O) groups is 5. The summed E-state index contributed by atoms with van der Waals surface area (Å²) in [7, 11) is 0. The number of anilines is 3. The summed E-state index contributed by atoms with van der Waals surface area (Å²) in [6, 6.07) is 21.1. The van der Waals surface area contributed by atoms with Crippen molar-refractivity contribution >= 4 is 46.7 Å². The fourth-order valence-corrected chi connectivity index (χ4v) is 9.94. The van der Waals surface area contributed by atoms with Gasteiger partial charge in [0, 0.05) is 81.7 Å². The van der Waals surface area contributed by atoms with Crippen LogP contribution in [0.3, 0.4) is 0 Å². The van der Waals surface area contributed by atoms with Crippen LogP contribution in [-0.4, -0.2) is 146 Å². The second-order valence-electron chi connectivity index (χ2n) is 18.6. The van der Waals surface area contributed by atoms with Crippen LogP contribution < -0.4 is 30.3 Å². The van der Waals surface area contributed by atoms with Crippen molar-refractivity contribution in [2.24, 2.45) is 0 Å². The molecule has 0 bridgehead atoms. The third kappa shape index (κ3) is 9.54. The number of likely N-dealkylation sites (tertiary alicyclic amines) is 1. The fourth-order valence-electron chi connectivity index (χ4n) is 9.94. The maximum Gasteiger partial charge on any atom is 0.266 e. The van der Waals surface area contributed by atoms with Crippen LogP contribution in [0.4, 0.5) is 17.2 Å². The smallest absolute Gasteiger partial charge is 0.266 e.